The quantitative estimate of drug-likeness (QED) is 0.414. The van der Waals surface area contributed by atoms with Gasteiger partial charge in [0, 0.05) is 0 Å². The van der Waals surface area contributed by atoms with Gasteiger partial charge in [-0.25, -0.2) is 0 Å². The third-order valence-electron chi connectivity index (χ3n) is 1.13. The molecule has 1 aliphatic rings. The molecule has 8 heavy (non-hydrogen) atoms. The van der Waals surface area contributed by atoms with Crippen molar-refractivity contribution in [3.05, 3.63) is 12.2 Å². The molecule has 1 N–H and O–H groups in total. The second-order valence-electron chi connectivity index (χ2n) is 1.89. The van der Waals surface area contributed by atoms with Gasteiger partial charge in [0.25, 0.3) is 0 Å². The monoisotopic (exact) mass is 114 g/mol. The summed E-state index contributed by atoms with van der Waals surface area (Å²) in [6.45, 7) is 2.59. The van der Waals surface area contributed by atoms with Crippen molar-refractivity contribution in [1.82, 2.24) is 0 Å². The first kappa shape index (κ1) is 5.79. The van der Waals surface area contributed by atoms with Gasteiger partial charge >= 0.3 is 0 Å². The number of aliphatic hydroxyl groups excluding tert-OH is 1. The molecule has 1 aliphatic heterocycles. The Morgan fingerprint density at radius 3 is 2.88 bits per heavy atom. The molecule has 2 nitrogen and oxygen atoms in total. The molecule has 0 radical (unpaired) electrons. The maximum absolute atomic E-state index is 8.98. The predicted octanol–water partition coefficient (Wildman–Crippen LogP) is 0.322. The highest BCUT2D eigenvalue weighted by Crippen LogP contribution is 2.14. The third-order valence-corrected chi connectivity index (χ3v) is 1.13. The Morgan fingerprint density at radius 1 is 1.88 bits per heavy atom. The minimum atomic E-state index is -0.375. The van der Waals surface area contributed by atoms with Crippen LogP contribution in [0.15, 0.2) is 12.2 Å². The van der Waals surface area contributed by atoms with Crippen LogP contribution in [0.25, 0.3) is 0 Å². The van der Waals surface area contributed by atoms with E-state index in [9.17, 15) is 0 Å². The van der Waals surface area contributed by atoms with Crippen molar-refractivity contribution in [2.24, 2.45) is 0 Å². The van der Waals surface area contributed by atoms with Gasteiger partial charge in [-0.3, -0.25) is 0 Å². The average molecular weight is 114 g/mol. The lowest BCUT2D eigenvalue weighted by Crippen LogP contribution is -2.09. The summed E-state index contributed by atoms with van der Waals surface area (Å²) in [5.74, 6) is 0. The zero-order valence-corrected chi connectivity index (χ0v) is 4.87. The van der Waals surface area contributed by atoms with Gasteiger partial charge in [-0.1, -0.05) is 12.2 Å². The molecular formula is C6H10O2. The molecule has 2 atom stereocenters. The van der Waals surface area contributed by atoms with Crippen LogP contribution < -0.4 is 0 Å². The Hall–Kier alpha value is -0.340. The lowest BCUT2D eigenvalue weighted by Gasteiger charge is -1.95. The van der Waals surface area contributed by atoms with Gasteiger partial charge < -0.3 is 9.84 Å². The van der Waals surface area contributed by atoms with E-state index in [2.05, 4.69) is 0 Å². The Bertz CT molecular complexity index is 94.7. The summed E-state index contributed by atoms with van der Waals surface area (Å²) >= 11 is 0. The van der Waals surface area contributed by atoms with E-state index in [-0.39, 0.29) is 12.2 Å². The molecule has 2 heteroatoms. The van der Waals surface area contributed by atoms with E-state index < -0.39 is 0 Å². The Kier molecular flexibility index (Phi) is 1.65. The van der Waals surface area contributed by atoms with Crippen LogP contribution in [0, 0.1) is 0 Å². The molecule has 1 unspecified atom stereocenters. The third kappa shape index (κ3) is 1.32. The number of hydrogen-bond donors (Lipinski definition) is 1. The molecule has 1 rings (SSSR count). The van der Waals surface area contributed by atoms with Crippen molar-refractivity contribution < 1.29 is 9.84 Å². The molecule has 0 saturated carbocycles. The number of allylic oxidation sites excluding steroid dienone is 1. The zero-order chi connectivity index (χ0) is 5.98. The lowest BCUT2D eigenvalue weighted by atomic mass is 10.2. The SMILES string of the molecule is C/C=C/C(O)[C@@H]1CO1. The van der Waals surface area contributed by atoms with E-state index in [4.69, 9.17) is 9.84 Å². The van der Waals surface area contributed by atoms with E-state index in [1.165, 1.54) is 0 Å². The highest BCUT2D eigenvalue weighted by Gasteiger charge is 2.28. The minimum Gasteiger partial charge on any atom is -0.386 e. The van der Waals surface area contributed by atoms with Crippen molar-refractivity contribution in [1.29, 1.82) is 0 Å². The maximum atomic E-state index is 8.98. The highest BCUT2D eigenvalue weighted by molar-refractivity contribution is 4.94. The van der Waals surface area contributed by atoms with Crippen LogP contribution in [-0.2, 0) is 4.74 Å². The summed E-state index contributed by atoms with van der Waals surface area (Å²) in [6, 6.07) is 0. The van der Waals surface area contributed by atoms with Gasteiger partial charge in [-0.05, 0) is 6.92 Å². The summed E-state index contributed by atoms with van der Waals surface area (Å²) < 4.78 is 4.82. The molecule has 1 fully saturated rings. The summed E-state index contributed by atoms with van der Waals surface area (Å²) in [6.07, 6.45) is 3.27. The second-order valence-corrected chi connectivity index (χ2v) is 1.89. The van der Waals surface area contributed by atoms with E-state index >= 15 is 0 Å². The fraction of sp³-hybridized carbons (Fsp3) is 0.667. The smallest absolute Gasteiger partial charge is 0.110 e. The minimum absolute atomic E-state index is 0.0891. The van der Waals surface area contributed by atoms with Crippen LogP contribution in [0.1, 0.15) is 6.92 Å². The Morgan fingerprint density at radius 2 is 2.50 bits per heavy atom. The molecule has 0 aliphatic carbocycles. The molecular weight excluding hydrogens is 104 g/mol. The summed E-state index contributed by atoms with van der Waals surface area (Å²) in [7, 11) is 0. The zero-order valence-electron chi connectivity index (χ0n) is 4.87. The summed E-state index contributed by atoms with van der Waals surface area (Å²) in [5, 5.41) is 8.98. The van der Waals surface area contributed by atoms with E-state index in [1.807, 2.05) is 13.0 Å². The second kappa shape index (κ2) is 2.29. The summed E-state index contributed by atoms with van der Waals surface area (Å²) in [4.78, 5) is 0. The molecule has 0 aromatic rings. The maximum Gasteiger partial charge on any atom is 0.110 e. The Balaban J connectivity index is 2.22. The molecule has 0 amide bonds. The van der Waals surface area contributed by atoms with Crippen molar-refractivity contribution in [2.75, 3.05) is 6.61 Å². The van der Waals surface area contributed by atoms with Crippen molar-refractivity contribution >= 4 is 0 Å². The molecule has 0 bridgehead atoms. The fourth-order valence-corrected chi connectivity index (χ4v) is 0.574. The predicted molar refractivity (Wildman–Crippen MR) is 30.6 cm³/mol. The Labute approximate surface area is 48.8 Å². The standard InChI is InChI=1S/C6H10O2/c1-2-3-5(7)6-4-8-6/h2-3,5-7H,4H2,1H3/b3-2+/t5?,6-/m0/s1. The van der Waals surface area contributed by atoms with Gasteiger partial charge in [0.05, 0.1) is 6.61 Å². The van der Waals surface area contributed by atoms with Crippen LogP contribution in [0.4, 0.5) is 0 Å². The summed E-state index contributed by atoms with van der Waals surface area (Å²) in [5.41, 5.74) is 0. The van der Waals surface area contributed by atoms with Gasteiger partial charge in [-0.15, -0.1) is 0 Å². The van der Waals surface area contributed by atoms with Crippen LogP contribution >= 0.6 is 0 Å². The number of hydrogen-bond acceptors (Lipinski definition) is 2. The van der Waals surface area contributed by atoms with Crippen molar-refractivity contribution in [3.63, 3.8) is 0 Å². The molecule has 0 spiro atoms. The normalized spacial score (nSPS) is 31.0. The highest BCUT2D eigenvalue weighted by atomic mass is 16.6. The first-order valence-electron chi connectivity index (χ1n) is 2.77. The van der Waals surface area contributed by atoms with Gasteiger partial charge in [0.1, 0.15) is 12.2 Å². The number of rotatable bonds is 2. The molecule has 1 saturated heterocycles. The molecule has 46 valence electrons. The van der Waals surface area contributed by atoms with Crippen LogP contribution in [-0.4, -0.2) is 23.9 Å². The molecule has 0 aromatic carbocycles. The van der Waals surface area contributed by atoms with Crippen molar-refractivity contribution in [2.45, 2.75) is 19.1 Å². The van der Waals surface area contributed by atoms with Crippen LogP contribution in [0.3, 0.4) is 0 Å². The fourth-order valence-electron chi connectivity index (χ4n) is 0.574. The number of aliphatic hydroxyl groups is 1. The van der Waals surface area contributed by atoms with E-state index in [0.29, 0.717) is 6.61 Å². The van der Waals surface area contributed by atoms with Gasteiger partial charge in [0.15, 0.2) is 0 Å². The van der Waals surface area contributed by atoms with E-state index in [0.717, 1.165) is 0 Å². The largest absolute Gasteiger partial charge is 0.386 e. The van der Waals surface area contributed by atoms with Gasteiger partial charge in [-0.2, -0.15) is 0 Å². The topological polar surface area (TPSA) is 32.8 Å². The number of ether oxygens (including phenoxy) is 1. The average Bonchev–Trinajstić information content (AvgIpc) is 2.45. The number of epoxide rings is 1. The molecule has 1 heterocycles. The van der Waals surface area contributed by atoms with Gasteiger partial charge in [0.2, 0.25) is 0 Å². The van der Waals surface area contributed by atoms with Crippen LogP contribution in [0.2, 0.25) is 0 Å². The lowest BCUT2D eigenvalue weighted by molar-refractivity contribution is 0.178. The van der Waals surface area contributed by atoms with Crippen molar-refractivity contribution in [3.8, 4) is 0 Å². The molecule has 0 aromatic heterocycles. The first-order valence-corrected chi connectivity index (χ1v) is 2.77. The van der Waals surface area contributed by atoms with E-state index in [1.54, 1.807) is 6.08 Å². The van der Waals surface area contributed by atoms with Crippen LogP contribution in [0.5, 0.6) is 0 Å². The first-order chi connectivity index (χ1) is 3.84.